The van der Waals surface area contributed by atoms with Crippen molar-refractivity contribution in [3.8, 4) is 11.5 Å². The summed E-state index contributed by atoms with van der Waals surface area (Å²) in [5, 5.41) is 0. The molecule has 0 aliphatic rings. The Kier molecular flexibility index (Phi) is 8.48. The van der Waals surface area contributed by atoms with Crippen LogP contribution in [0.1, 0.15) is 65.0 Å². The smallest absolute Gasteiger partial charge is 0.279 e. The lowest BCUT2D eigenvalue weighted by atomic mass is 9.87. The standard InChI is InChI=1S/C25H34N2O4/c1-7-17(2)19-8-12-21(13-9-19)30-16-23(28)26-27-24(29)18(3)31-22-14-10-20(11-15-22)25(4,5)6/h8-15,17-18H,7,16H2,1-6H3,(H,26,28)(H,27,29). The van der Waals surface area contributed by atoms with Gasteiger partial charge in [0.2, 0.25) is 0 Å². The van der Waals surface area contributed by atoms with Crippen LogP contribution in [0.4, 0.5) is 0 Å². The summed E-state index contributed by atoms with van der Waals surface area (Å²) in [5.74, 6) is 0.760. The molecule has 0 aliphatic carbocycles. The van der Waals surface area contributed by atoms with Gasteiger partial charge >= 0.3 is 0 Å². The monoisotopic (exact) mass is 426 g/mol. The van der Waals surface area contributed by atoms with E-state index >= 15 is 0 Å². The first-order valence-corrected chi connectivity index (χ1v) is 10.7. The summed E-state index contributed by atoms with van der Waals surface area (Å²) in [7, 11) is 0. The van der Waals surface area contributed by atoms with Crippen molar-refractivity contribution in [1.82, 2.24) is 10.9 Å². The molecule has 0 aliphatic heterocycles. The Hall–Kier alpha value is -3.02. The quantitative estimate of drug-likeness (QED) is 0.610. The molecule has 2 rings (SSSR count). The molecule has 0 heterocycles. The maximum atomic E-state index is 12.2. The fraction of sp³-hybridized carbons (Fsp3) is 0.440. The van der Waals surface area contributed by atoms with Gasteiger partial charge in [-0.2, -0.15) is 0 Å². The third kappa shape index (κ3) is 7.63. The molecule has 2 unspecified atom stereocenters. The van der Waals surface area contributed by atoms with Gasteiger partial charge in [0.1, 0.15) is 11.5 Å². The summed E-state index contributed by atoms with van der Waals surface area (Å²) in [4.78, 5) is 24.2. The van der Waals surface area contributed by atoms with Crippen molar-refractivity contribution < 1.29 is 19.1 Å². The third-order valence-corrected chi connectivity index (χ3v) is 5.16. The first-order chi connectivity index (χ1) is 14.6. The van der Waals surface area contributed by atoms with E-state index < -0.39 is 17.9 Å². The van der Waals surface area contributed by atoms with Crippen molar-refractivity contribution in [2.75, 3.05) is 6.61 Å². The summed E-state index contributed by atoms with van der Waals surface area (Å²) in [6.07, 6.45) is 0.293. The Labute approximate surface area is 185 Å². The van der Waals surface area contributed by atoms with Crippen LogP contribution in [0.3, 0.4) is 0 Å². The molecule has 6 nitrogen and oxygen atoms in total. The number of carbonyl (C=O) groups is 2. The summed E-state index contributed by atoms with van der Waals surface area (Å²) in [5.41, 5.74) is 7.16. The Morgan fingerprint density at radius 2 is 1.48 bits per heavy atom. The zero-order valence-electron chi connectivity index (χ0n) is 19.3. The average Bonchev–Trinajstić information content (AvgIpc) is 2.75. The van der Waals surface area contributed by atoms with Gasteiger partial charge in [0.15, 0.2) is 12.7 Å². The lowest BCUT2D eigenvalue weighted by Gasteiger charge is -2.20. The van der Waals surface area contributed by atoms with E-state index in [4.69, 9.17) is 9.47 Å². The van der Waals surface area contributed by atoms with Gasteiger partial charge in [0.05, 0.1) is 0 Å². The van der Waals surface area contributed by atoms with E-state index in [1.807, 2.05) is 48.5 Å². The number of carbonyl (C=O) groups excluding carboxylic acids is 2. The molecule has 0 aromatic heterocycles. The van der Waals surface area contributed by atoms with Gasteiger partial charge in [-0.25, -0.2) is 0 Å². The second-order valence-corrected chi connectivity index (χ2v) is 8.74. The number of amides is 2. The maximum Gasteiger partial charge on any atom is 0.279 e. The minimum absolute atomic E-state index is 0.0455. The zero-order chi connectivity index (χ0) is 23.0. The minimum Gasteiger partial charge on any atom is -0.484 e. The Morgan fingerprint density at radius 1 is 0.903 bits per heavy atom. The van der Waals surface area contributed by atoms with Crippen molar-refractivity contribution >= 4 is 11.8 Å². The van der Waals surface area contributed by atoms with E-state index in [9.17, 15) is 9.59 Å². The van der Waals surface area contributed by atoms with Gasteiger partial charge in [0.25, 0.3) is 11.8 Å². The van der Waals surface area contributed by atoms with Gasteiger partial charge in [-0.1, -0.05) is 58.9 Å². The lowest BCUT2D eigenvalue weighted by molar-refractivity contribution is -0.133. The molecule has 0 fully saturated rings. The van der Waals surface area contributed by atoms with Crippen LogP contribution in [-0.4, -0.2) is 24.5 Å². The predicted octanol–water partition coefficient (Wildman–Crippen LogP) is 4.49. The highest BCUT2D eigenvalue weighted by Gasteiger charge is 2.17. The molecule has 0 bridgehead atoms. The fourth-order valence-corrected chi connectivity index (χ4v) is 2.84. The van der Waals surface area contributed by atoms with Crippen LogP contribution < -0.4 is 20.3 Å². The van der Waals surface area contributed by atoms with E-state index in [0.29, 0.717) is 17.4 Å². The first kappa shape index (κ1) is 24.3. The summed E-state index contributed by atoms with van der Waals surface area (Å²) in [6, 6.07) is 15.3. The number of benzene rings is 2. The maximum absolute atomic E-state index is 12.2. The number of nitrogens with one attached hydrogen (secondary N) is 2. The minimum atomic E-state index is -0.769. The largest absolute Gasteiger partial charge is 0.484 e. The molecule has 0 saturated carbocycles. The van der Waals surface area contributed by atoms with Crippen molar-refractivity contribution in [3.05, 3.63) is 59.7 Å². The van der Waals surface area contributed by atoms with Gasteiger partial charge < -0.3 is 9.47 Å². The van der Waals surface area contributed by atoms with E-state index in [-0.39, 0.29) is 12.0 Å². The van der Waals surface area contributed by atoms with Crippen molar-refractivity contribution in [2.45, 2.75) is 65.4 Å². The third-order valence-electron chi connectivity index (χ3n) is 5.16. The van der Waals surface area contributed by atoms with E-state index in [1.54, 1.807) is 6.92 Å². The van der Waals surface area contributed by atoms with Crippen LogP contribution in [0.25, 0.3) is 0 Å². The molecule has 2 aromatic rings. The summed E-state index contributed by atoms with van der Waals surface area (Å²) < 4.78 is 11.1. The Balaban J connectivity index is 1.75. The number of hydrogen-bond donors (Lipinski definition) is 2. The molecular weight excluding hydrogens is 392 g/mol. The molecular formula is C25H34N2O4. The Bertz CT molecular complexity index is 855. The summed E-state index contributed by atoms with van der Waals surface area (Å²) in [6.45, 7) is 12.1. The summed E-state index contributed by atoms with van der Waals surface area (Å²) >= 11 is 0. The lowest BCUT2D eigenvalue weighted by Crippen LogP contribution is -2.48. The fourth-order valence-electron chi connectivity index (χ4n) is 2.84. The van der Waals surface area contributed by atoms with Crippen LogP contribution in [0.15, 0.2) is 48.5 Å². The molecule has 0 radical (unpaired) electrons. The van der Waals surface area contributed by atoms with Gasteiger partial charge in [-0.05, 0) is 60.1 Å². The highest BCUT2D eigenvalue weighted by molar-refractivity contribution is 5.85. The van der Waals surface area contributed by atoms with E-state index in [2.05, 4.69) is 45.5 Å². The predicted molar refractivity (Wildman–Crippen MR) is 122 cm³/mol. The molecule has 6 heteroatoms. The molecule has 2 atom stereocenters. The SMILES string of the molecule is CCC(C)c1ccc(OCC(=O)NNC(=O)C(C)Oc2ccc(C(C)(C)C)cc2)cc1. The number of hydrazine groups is 1. The van der Waals surface area contributed by atoms with Crippen LogP contribution in [-0.2, 0) is 15.0 Å². The Morgan fingerprint density at radius 3 is 2.03 bits per heavy atom. The topological polar surface area (TPSA) is 76.7 Å². The molecule has 2 N–H and O–H groups in total. The van der Waals surface area contributed by atoms with E-state index in [1.165, 1.54) is 11.1 Å². The van der Waals surface area contributed by atoms with Crippen molar-refractivity contribution in [3.63, 3.8) is 0 Å². The van der Waals surface area contributed by atoms with E-state index in [0.717, 1.165) is 6.42 Å². The molecule has 31 heavy (non-hydrogen) atoms. The van der Waals surface area contributed by atoms with Crippen LogP contribution in [0.2, 0.25) is 0 Å². The van der Waals surface area contributed by atoms with Crippen LogP contribution >= 0.6 is 0 Å². The van der Waals surface area contributed by atoms with Crippen LogP contribution in [0.5, 0.6) is 11.5 Å². The van der Waals surface area contributed by atoms with Gasteiger partial charge in [-0.3, -0.25) is 20.4 Å². The highest BCUT2D eigenvalue weighted by atomic mass is 16.5. The second-order valence-electron chi connectivity index (χ2n) is 8.74. The number of ether oxygens (including phenoxy) is 2. The van der Waals surface area contributed by atoms with Gasteiger partial charge in [-0.15, -0.1) is 0 Å². The van der Waals surface area contributed by atoms with Crippen molar-refractivity contribution in [2.24, 2.45) is 0 Å². The normalized spacial score (nSPS) is 13.1. The zero-order valence-corrected chi connectivity index (χ0v) is 19.3. The highest BCUT2D eigenvalue weighted by Crippen LogP contribution is 2.24. The van der Waals surface area contributed by atoms with Crippen molar-refractivity contribution in [1.29, 1.82) is 0 Å². The molecule has 0 spiro atoms. The molecule has 168 valence electrons. The number of hydrogen-bond acceptors (Lipinski definition) is 4. The van der Waals surface area contributed by atoms with Crippen LogP contribution in [0, 0.1) is 0 Å². The molecule has 2 aromatic carbocycles. The molecule has 0 saturated heterocycles. The average molecular weight is 427 g/mol. The number of rotatable bonds is 8. The second kappa shape index (κ2) is 10.8. The molecule has 2 amide bonds. The van der Waals surface area contributed by atoms with Gasteiger partial charge in [0, 0.05) is 0 Å². The first-order valence-electron chi connectivity index (χ1n) is 10.7.